The van der Waals surface area contributed by atoms with Crippen molar-refractivity contribution < 1.29 is 68.5 Å². The van der Waals surface area contributed by atoms with Crippen LogP contribution in [-0.4, -0.2) is 121 Å². The number of nitrogens with zero attached hydrogens (tertiary/aromatic N) is 4. The number of methoxy groups -OCH3 is 1. The summed E-state index contributed by atoms with van der Waals surface area (Å²) in [6, 6.07) is 21.7. The summed E-state index contributed by atoms with van der Waals surface area (Å²) >= 11 is 0. The number of para-hydroxylation sites is 1. The molecule has 60 heavy (non-hydrogen) atoms. The molecule has 1 saturated heterocycles. The van der Waals surface area contributed by atoms with E-state index in [0.29, 0.717) is 78.0 Å². The zero-order valence-electron chi connectivity index (χ0n) is 34.1. The van der Waals surface area contributed by atoms with E-state index >= 15 is 0 Å². The molecule has 5 rings (SSSR count). The van der Waals surface area contributed by atoms with Gasteiger partial charge in [0.1, 0.15) is 11.5 Å². The number of amides is 2. The van der Waals surface area contributed by atoms with E-state index in [9.17, 15) is 9.59 Å². The Balaban J connectivity index is 1.17. The van der Waals surface area contributed by atoms with Gasteiger partial charge in [-0.2, -0.15) is 0 Å². The number of anilines is 1. The van der Waals surface area contributed by atoms with Crippen LogP contribution in [0.5, 0.6) is 11.5 Å². The molecule has 4 N–H and O–H groups in total. The van der Waals surface area contributed by atoms with E-state index in [1.807, 2.05) is 66.7 Å². The maximum atomic E-state index is 13.1. The monoisotopic (exact) mass is 842 g/mol. The molecule has 2 atom stereocenters. The fourth-order valence-electron chi connectivity index (χ4n) is 7.09. The normalized spacial score (nSPS) is 16.5. The lowest BCUT2D eigenvalue weighted by atomic mass is 9.87. The molecule has 3 aromatic rings. The first-order valence-electron chi connectivity index (χ1n) is 20.3. The molecule has 2 unspecified atom stereocenters. The third-order valence-electron chi connectivity index (χ3n) is 10.2. The van der Waals surface area contributed by atoms with Gasteiger partial charge in [0.25, 0.3) is 0 Å². The van der Waals surface area contributed by atoms with Crippen LogP contribution in [0.2, 0.25) is 0 Å². The molecule has 0 saturated carbocycles. The summed E-state index contributed by atoms with van der Waals surface area (Å²) in [5, 5.41) is 34.0. The second-order valence-corrected chi connectivity index (χ2v) is 14.4. The van der Waals surface area contributed by atoms with Gasteiger partial charge in [-0.15, -0.1) is 0 Å². The van der Waals surface area contributed by atoms with Crippen molar-refractivity contribution >= 4 is 17.9 Å². The molecule has 0 spiro atoms. The highest BCUT2D eigenvalue weighted by Crippen LogP contribution is 2.34. The summed E-state index contributed by atoms with van der Waals surface area (Å²) in [7, 11) is 1.64. The molecule has 330 valence electrons. The van der Waals surface area contributed by atoms with Crippen LogP contribution in [0.4, 0.5) is 15.3 Å². The molecule has 18 heteroatoms. The Morgan fingerprint density at radius 2 is 1.45 bits per heavy atom. The van der Waals surface area contributed by atoms with Gasteiger partial charge in [0, 0.05) is 31.0 Å². The average Bonchev–Trinajstić information content (AvgIpc) is 3.26. The molecule has 0 aliphatic carbocycles. The van der Waals surface area contributed by atoms with Crippen LogP contribution >= 0.6 is 0 Å². The van der Waals surface area contributed by atoms with E-state index in [-0.39, 0.29) is 55.8 Å². The Morgan fingerprint density at radius 3 is 2.17 bits per heavy atom. The van der Waals surface area contributed by atoms with Gasteiger partial charge in [0.05, 0.1) is 89.1 Å². The maximum Gasteiger partial charge on any atom is 0.414 e. The number of aryl methyl sites for hydroxylation is 1. The lowest BCUT2D eigenvalue weighted by molar-refractivity contribution is -0.492. The Labute approximate surface area is 349 Å². The van der Waals surface area contributed by atoms with Crippen LogP contribution < -0.4 is 14.4 Å². The predicted molar refractivity (Wildman–Crippen MR) is 213 cm³/mol. The summed E-state index contributed by atoms with van der Waals surface area (Å²) in [4.78, 5) is 38.7. The number of carbonyl (C=O) groups excluding carboxylic acids is 2. The van der Waals surface area contributed by atoms with Crippen molar-refractivity contribution in [3.63, 3.8) is 0 Å². The van der Waals surface area contributed by atoms with E-state index < -0.39 is 12.2 Å². The van der Waals surface area contributed by atoms with E-state index in [4.69, 9.17) is 49.3 Å². The molecule has 18 nitrogen and oxygen atoms in total. The van der Waals surface area contributed by atoms with Gasteiger partial charge < -0.3 is 33.3 Å². The van der Waals surface area contributed by atoms with Gasteiger partial charge in [-0.3, -0.25) is 35.4 Å². The summed E-state index contributed by atoms with van der Waals surface area (Å²) in [5.41, 5.74) is 4.71. The fraction of sp³-hybridized carbons (Fsp3) is 0.524. The van der Waals surface area contributed by atoms with Crippen LogP contribution in [0, 0.1) is 0 Å². The minimum atomic E-state index is -0.455. The van der Waals surface area contributed by atoms with Crippen molar-refractivity contribution in [3.8, 4) is 11.5 Å². The lowest BCUT2D eigenvalue weighted by Crippen LogP contribution is -2.47. The summed E-state index contributed by atoms with van der Waals surface area (Å²) in [5.74, 6) is 1.51. The molecule has 2 aliphatic heterocycles. The van der Waals surface area contributed by atoms with E-state index in [1.165, 1.54) is 0 Å². The van der Waals surface area contributed by atoms with Crippen molar-refractivity contribution in [2.45, 2.75) is 76.6 Å². The second kappa shape index (κ2) is 25.2. The highest BCUT2D eigenvalue weighted by molar-refractivity contribution is 5.89. The first-order chi connectivity index (χ1) is 29.2. The summed E-state index contributed by atoms with van der Waals surface area (Å²) in [6.45, 7) is 3.43. The minimum Gasteiger partial charge on any atom is -0.496 e. The number of fused-ring (bicyclic) bond motifs is 1. The average molecular weight is 843 g/mol. The highest BCUT2D eigenvalue weighted by atomic mass is 17.1. The number of unbranched alkanes of at least 4 members (excludes halogenated alkanes) is 2. The van der Waals surface area contributed by atoms with E-state index in [1.54, 1.807) is 16.9 Å². The molecular formula is C42H58N4O14. The minimum absolute atomic E-state index is 0.0316. The van der Waals surface area contributed by atoms with Crippen molar-refractivity contribution in [1.29, 1.82) is 0 Å². The first-order valence-corrected chi connectivity index (χ1v) is 20.3. The third-order valence-corrected chi connectivity index (χ3v) is 10.2. The molecule has 0 radical (unpaired) electrons. The maximum absolute atomic E-state index is 13.1. The van der Waals surface area contributed by atoms with Crippen molar-refractivity contribution in [2.24, 2.45) is 0 Å². The SMILES string of the molecule is COc1ccccc1COCCCOc1ccc(C2CCN(C(=O)OCCCCON(O)O)CC2OCc2ccc3c(c2)N(C(=O)OCCCCON(O)O)CCC3)cc1. The lowest BCUT2D eigenvalue weighted by Gasteiger charge is -2.38. The number of hydrogen-bond acceptors (Lipinski definition) is 16. The standard InChI is InChI=1S/C42H58N4O14/c1-53-39-12-3-2-10-35(39)31-54-22-9-25-55-36-17-15-33(16-18-36)37-19-21-43(41(47)56-23-4-6-26-59-45(49)50)29-40(37)58-30-32-13-14-34-11-8-20-44(38(34)28-32)42(48)57-24-5-7-27-60-46(51)52/h2-3,10,12-18,28,37,40,49-52H,4-9,11,19-27,29-31H2,1H3. The zero-order chi connectivity index (χ0) is 42.5. The number of benzene rings is 3. The van der Waals surface area contributed by atoms with Gasteiger partial charge in [0.2, 0.25) is 0 Å². The van der Waals surface area contributed by atoms with Gasteiger partial charge in [-0.25, -0.2) is 9.59 Å². The quantitative estimate of drug-likeness (QED) is 0.0550. The number of ether oxygens (including phenoxy) is 6. The molecule has 1 fully saturated rings. The van der Waals surface area contributed by atoms with Gasteiger partial charge in [-0.05, 0) is 85.9 Å². The van der Waals surface area contributed by atoms with Crippen molar-refractivity contribution in [3.05, 3.63) is 89.0 Å². The third kappa shape index (κ3) is 15.1. The zero-order valence-corrected chi connectivity index (χ0v) is 34.1. The van der Waals surface area contributed by atoms with E-state index in [2.05, 4.69) is 9.68 Å². The van der Waals surface area contributed by atoms with Gasteiger partial charge in [0.15, 0.2) is 0 Å². The topological polar surface area (TPSA) is 202 Å². The Bertz CT molecular complexity index is 1730. The smallest absolute Gasteiger partial charge is 0.414 e. The number of carbonyl (C=O) groups is 2. The van der Waals surface area contributed by atoms with Crippen molar-refractivity contribution in [2.75, 3.05) is 71.3 Å². The molecule has 3 aromatic carbocycles. The fourth-order valence-corrected chi connectivity index (χ4v) is 7.09. The Kier molecular flexibility index (Phi) is 19.5. The molecule has 2 amide bonds. The second-order valence-electron chi connectivity index (χ2n) is 14.4. The number of hydrogen-bond donors (Lipinski definition) is 4. The first kappa shape index (κ1) is 46.5. The van der Waals surface area contributed by atoms with Gasteiger partial charge in [-0.1, -0.05) is 42.5 Å². The largest absolute Gasteiger partial charge is 0.496 e. The van der Waals surface area contributed by atoms with Crippen LogP contribution in [0.25, 0.3) is 0 Å². The van der Waals surface area contributed by atoms with Crippen LogP contribution in [0.1, 0.15) is 73.1 Å². The van der Waals surface area contributed by atoms with Crippen LogP contribution in [-0.2, 0) is 48.3 Å². The predicted octanol–water partition coefficient (Wildman–Crippen LogP) is 6.67. The Hall–Kier alpha value is -4.60. The van der Waals surface area contributed by atoms with Gasteiger partial charge >= 0.3 is 12.2 Å². The van der Waals surface area contributed by atoms with Crippen molar-refractivity contribution in [1.82, 2.24) is 15.7 Å². The Morgan fingerprint density at radius 1 is 0.750 bits per heavy atom. The summed E-state index contributed by atoms with van der Waals surface area (Å²) < 4.78 is 34.9. The number of likely N-dealkylation sites (tertiary alicyclic amines) is 1. The summed E-state index contributed by atoms with van der Waals surface area (Å²) in [6.07, 6.45) is 3.57. The molecule has 0 bridgehead atoms. The van der Waals surface area contributed by atoms with Crippen LogP contribution in [0.3, 0.4) is 0 Å². The molecule has 2 heterocycles. The number of piperidine rings is 1. The molecular weight excluding hydrogens is 784 g/mol. The molecule has 0 aromatic heterocycles. The van der Waals surface area contributed by atoms with Crippen LogP contribution in [0.15, 0.2) is 66.7 Å². The van der Waals surface area contributed by atoms with E-state index in [0.717, 1.165) is 52.3 Å². The highest BCUT2D eigenvalue weighted by Gasteiger charge is 2.34. The molecule has 2 aliphatic rings. The number of rotatable bonds is 24.